The SMILES string of the molecule is Cc1cccc(C(=O)C(C)(C)NC(=O)OC(C)(C)C)c1. The smallest absolute Gasteiger partial charge is 0.408 e. The standard InChI is InChI=1S/C16H23NO3/c1-11-8-7-9-12(10-11)13(18)16(5,6)17-14(19)20-15(2,3)4/h7-10H,1-6H3,(H,17,19). The van der Waals surface area contributed by atoms with Crippen LogP contribution in [0.4, 0.5) is 4.79 Å². The van der Waals surface area contributed by atoms with Crippen molar-refractivity contribution >= 4 is 11.9 Å². The molecule has 0 aliphatic heterocycles. The number of ketones is 1. The monoisotopic (exact) mass is 277 g/mol. The van der Waals surface area contributed by atoms with Crippen LogP contribution in [0.1, 0.15) is 50.5 Å². The molecular weight excluding hydrogens is 254 g/mol. The largest absolute Gasteiger partial charge is 0.444 e. The van der Waals surface area contributed by atoms with Crippen molar-refractivity contribution < 1.29 is 14.3 Å². The van der Waals surface area contributed by atoms with E-state index < -0.39 is 17.2 Å². The lowest BCUT2D eigenvalue weighted by atomic mass is 9.92. The first-order valence-corrected chi connectivity index (χ1v) is 6.64. The van der Waals surface area contributed by atoms with Crippen molar-refractivity contribution in [2.24, 2.45) is 0 Å². The molecule has 0 saturated heterocycles. The molecule has 0 bridgehead atoms. The molecule has 1 aromatic rings. The van der Waals surface area contributed by atoms with E-state index in [0.29, 0.717) is 5.56 Å². The van der Waals surface area contributed by atoms with Crippen LogP contribution in [0.2, 0.25) is 0 Å². The summed E-state index contributed by atoms with van der Waals surface area (Å²) >= 11 is 0. The number of benzene rings is 1. The second-order valence-electron chi connectivity index (χ2n) is 6.45. The molecule has 20 heavy (non-hydrogen) atoms. The molecule has 0 saturated carbocycles. The van der Waals surface area contributed by atoms with Gasteiger partial charge in [0, 0.05) is 5.56 Å². The third kappa shape index (κ3) is 4.68. The van der Waals surface area contributed by atoms with Gasteiger partial charge in [0.15, 0.2) is 5.78 Å². The number of ether oxygens (including phenoxy) is 1. The van der Waals surface area contributed by atoms with E-state index in [-0.39, 0.29) is 5.78 Å². The van der Waals surface area contributed by atoms with Gasteiger partial charge in [0.1, 0.15) is 11.1 Å². The summed E-state index contributed by atoms with van der Waals surface area (Å²) in [6, 6.07) is 7.30. The van der Waals surface area contributed by atoms with Gasteiger partial charge in [-0.25, -0.2) is 4.79 Å². The Morgan fingerprint density at radius 2 is 1.70 bits per heavy atom. The summed E-state index contributed by atoms with van der Waals surface area (Å²) in [6.45, 7) is 10.6. The summed E-state index contributed by atoms with van der Waals surface area (Å²) < 4.78 is 5.18. The maximum Gasteiger partial charge on any atom is 0.408 e. The van der Waals surface area contributed by atoms with Gasteiger partial charge in [-0.15, -0.1) is 0 Å². The summed E-state index contributed by atoms with van der Waals surface area (Å²) in [5.74, 6) is -0.146. The fourth-order valence-electron chi connectivity index (χ4n) is 1.76. The first-order valence-electron chi connectivity index (χ1n) is 6.64. The van der Waals surface area contributed by atoms with Gasteiger partial charge in [-0.1, -0.05) is 23.8 Å². The average Bonchev–Trinajstić information content (AvgIpc) is 2.24. The van der Waals surface area contributed by atoms with Gasteiger partial charge in [-0.2, -0.15) is 0 Å². The van der Waals surface area contributed by atoms with Gasteiger partial charge in [-0.3, -0.25) is 4.79 Å². The molecule has 0 atom stereocenters. The summed E-state index contributed by atoms with van der Waals surface area (Å²) in [7, 11) is 0. The van der Waals surface area contributed by atoms with Crippen LogP contribution in [0.5, 0.6) is 0 Å². The third-order valence-corrected chi connectivity index (χ3v) is 2.66. The van der Waals surface area contributed by atoms with Crippen molar-refractivity contribution in [3.05, 3.63) is 35.4 Å². The maximum absolute atomic E-state index is 12.4. The Balaban J connectivity index is 2.83. The summed E-state index contributed by atoms with van der Waals surface area (Å²) in [5.41, 5.74) is -0.0298. The number of amides is 1. The number of nitrogens with one attached hydrogen (secondary N) is 1. The highest BCUT2D eigenvalue weighted by Gasteiger charge is 2.32. The number of Topliss-reactive ketones (excluding diaryl/α,β-unsaturated/α-hetero) is 1. The first kappa shape index (κ1) is 16.2. The zero-order chi connectivity index (χ0) is 15.6. The van der Waals surface area contributed by atoms with E-state index >= 15 is 0 Å². The molecule has 0 aliphatic carbocycles. The number of rotatable bonds is 3. The normalized spacial score (nSPS) is 11.9. The Hall–Kier alpha value is -1.84. The molecule has 1 amide bonds. The molecule has 0 aliphatic rings. The molecule has 0 spiro atoms. The predicted octanol–water partition coefficient (Wildman–Crippen LogP) is 3.48. The average molecular weight is 277 g/mol. The van der Waals surface area contributed by atoms with Gasteiger partial charge in [0.05, 0.1) is 0 Å². The molecular formula is C16H23NO3. The van der Waals surface area contributed by atoms with Crippen LogP contribution >= 0.6 is 0 Å². The summed E-state index contributed by atoms with van der Waals surface area (Å²) in [4.78, 5) is 24.2. The summed E-state index contributed by atoms with van der Waals surface area (Å²) in [6.07, 6.45) is -0.594. The first-order chi connectivity index (χ1) is 9.01. The Labute approximate surface area is 120 Å². The highest BCUT2D eigenvalue weighted by molar-refractivity contribution is 6.04. The van der Waals surface area contributed by atoms with E-state index in [1.807, 2.05) is 19.1 Å². The van der Waals surface area contributed by atoms with E-state index in [0.717, 1.165) is 5.56 Å². The van der Waals surface area contributed by atoms with Crippen LogP contribution < -0.4 is 5.32 Å². The Morgan fingerprint density at radius 1 is 1.10 bits per heavy atom. The number of aryl methyl sites for hydroxylation is 1. The van der Waals surface area contributed by atoms with Crippen molar-refractivity contribution in [3.63, 3.8) is 0 Å². The molecule has 1 rings (SSSR count). The van der Waals surface area contributed by atoms with Crippen molar-refractivity contribution in [1.29, 1.82) is 0 Å². The van der Waals surface area contributed by atoms with Crippen LogP contribution in [0, 0.1) is 6.92 Å². The predicted molar refractivity (Wildman–Crippen MR) is 79.0 cm³/mol. The van der Waals surface area contributed by atoms with Crippen LogP contribution in [-0.2, 0) is 4.74 Å². The fourth-order valence-corrected chi connectivity index (χ4v) is 1.76. The molecule has 0 unspecified atom stereocenters. The molecule has 110 valence electrons. The lowest BCUT2D eigenvalue weighted by molar-refractivity contribution is 0.0454. The van der Waals surface area contributed by atoms with Crippen molar-refractivity contribution in [2.75, 3.05) is 0 Å². The van der Waals surface area contributed by atoms with Crippen LogP contribution in [0.25, 0.3) is 0 Å². The lowest BCUT2D eigenvalue weighted by Crippen LogP contribution is -2.51. The van der Waals surface area contributed by atoms with E-state index in [1.165, 1.54) is 0 Å². The topological polar surface area (TPSA) is 55.4 Å². The van der Waals surface area contributed by atoms with E-state index in [4.69, 9.17) is 4.74 Å². The number of carbonyl (C=O) groups is 2. The fraction of sp³-hybridized carbons (Fsp3) is 0.500. The van der Waals surface area contributed by atoms with Crippen LogP contribution in [0.3, 0.4) is 0 Å². The molecule has 0 fully saturated rings. The van der Waals surface area contributed by atoms with Gasteiger partial charge >= 0.3 is 6.09 Å². The highest BCUT2D eigenvalue weighted by Crippen LogP contribution is 2.16. The van der Waals surface area contributed by atoms with Crippen LogP contribution in [-0.4, -0.2) is 23.0 Å². The van der Waals surface area contributed by atoms with Crippen LogP contribution in [0.15, 0.2) is 24.3 Å². The molecule has 0 aromatic heterocycles. The van der Waals surface area contributed by atoms with Crippen molar-refractivity contribution in [3.8, 4) is 0 Å². The van der Waals surface area contributed by atoms with E-state index in [1.54, 1.807) is 46.8 Å². The summed E-state index contributed by atoms with van der Waals surface area (Å²) in [5, 5.41) is 2.62. The second kappa shape index (κ2) is 5.65. The molecule has 0 heterocycles. The maximum atomic E-state index is 12.4. The van der Waals surface area contributed by atoms with Crippen molar-refractivity contribution in [2.45, 2.75) is 52.7 Å². The van der Waals surface area contributed by atoms with E-state index in [2.05, 4.69) is 5.32 Å². The molecule has 1 N–H and O–H groups in total. The number of hydrogen-bond acceptors (Lipinski definition) is 3. The number of alkyl carbamates (subject to hydrolysis) is 1. The Bertz CT molecular complexity index is 513. The number of hydrogen-bond donors (Lipinski definition) is 1. The lowest BCUT2D eigenvalue weighted by Gasteiger charge is -2.27. The second-order valence-corrected chi connectivity index (χ2v) is 6.45. The van der Waals surface area contributed by atoms with Gasteiger partial charge in [0.2, 0.25) is 0 Å². The zero-order valence-corrected chi connectivity index (χ0v) is 13.0. The third-order valence-electron chi connectivity index (χ3n) is 2.66. The minimum absolute atomic E-state index is 0.146. The molecule has 4 heteroatoms. The highest BCUT2D eigenvalue weighted by atomic mass is 16.6. The number of carbonyl (C=O) groups excluding carboxylic acids is 2. The van der Waals surface area contributed by atoms with E-state index in [9.17, 15) is 9.59 Å². The quantitative estimate of drug-likeness (QED) is 0.860. The molecule has 4 nitrogen and oxygen atoms in total. The molecule has 1 aromatic carbocycles. The zero-order valence-electron chi connectivity index (χ0n) is 13.0. The van der Waals surface area contributed by atoms with Gasteiger partial charge < -0.3 is 10.1 Å². The van der Waals surface area contributed by atoms with Gasteiger partial charge in [0.25, 0.3) is 0 Å². The Morgan fingerprint density at radius 3 is 2.20 bits per heavy atom. The van der Waals surface area contributed by atoms with Crippen molar-refractivity contribution in [1.82, 2.24) is 5.32 Å². The Kier molecular flexibility index (Phi) is 4.58. The van der Waals surface area contributed by atoms with Gasteiger partial charge in [-0.05, 0) is 47.6 Å². The molecule has 0 radical (unpaired) electrons. The minimum Gasteiger partial charge on any atom is -0.444 e. The minimum atomic E-state index is -1.02.